The van der Waals surface area contributed by atoms with Crippen LogP contribution in [0.5, 0.6) is 0 Å². The first-order valence-corrected chi connectivity index (χ1v) is 6.04. The van der Waals surface area contributed by atoms with Crippen molar-refractivity contribution in [3.8, 4) is 5.69 Å². The predicted octanol–water partition coefficient (Wildman–Crippen LogP) is 1.73. The first-order chi connectivity index (χ1) is 8.83. The van der Waals surface area contributed by atoms with Gasteiger partial charge in [-0.2, -0.15) is 0 Å². The van der Waals surface area contributed by atoms with Gasteiger partial charge in [0.05, 0.1) is 23.7 Å². The number of rotatable bonds is 6. The van der Waals surface area contributed by atoms with E-state index in [0.717, 1.165) is 5.69 Å². The van der Waals surface area contributed by atoms with E-state index in [1.54, 1.807) is 10.9 Å². The van der Waals surface area contributed by atoms with Crippen molar-refractivity contribution in [3.05, 3.63) is 42.2 Å². The number of aromatic nitrogens is 3. The van der Waals surface area contributed by atoms with E-state index < -0.39 is 6.10 Å². The SMILES string of the molecule is CCOCCC(O)c1cnnn1-c1ccccc1. The summed E-state index contributed by atoms with van der Waals surface area (Å²) in [6, 6.07) is 9.63. The van der Waals surface area contributed by atoms with E-state index >= 15 is 0 Å². The zero-order valence-corrected chi connectivity index (χ0v) is 10.4. The van der Waals surface area contributed by atoms with Crippen molar-refractivity contribution in [2.24, 2.45) is 0 Å². The van der Waals surface area contributed by atoms with Crippen LogP contribution >= 0.6 is 0 Å². The second-order valence-corrected chi connectivity index (χ2v) is 3.91. The topological polar surface area (TPSA) is 60.2 Å². The molecule has 0 radical (unpaired) electrons. The average Bonchev–Trinajstić information content (AvgIpc) is 2.89. The Morgan fingerprint density at radius 3 is 2.83 bits per heavy atom. The van der Waals surface area contributed by atoms with Gasteiger partial charge in [-0.3, -0.25) is 0 Å². The molecule has 5 heteroatoms. The van der Waals surface area contributed by atoms with Gasteiger partial charge in [-0.1, -0.05) is 23.4 Å². The van der Waals surface area contributed by atoms with Crippen molar-refractivity contribution in [1.82, 2.24) is 15.0 Å². The van der Waals surface area contributed by atoms with Crippen LogP contribution in [-0.2, 0) is 4.74 Å². The van der Waals surface area contributed by atoms with Gasteiger partial charge in [-0.25, -0.2) is 4.68 Å². The van der Waals surface area contributed by atoms with Gasteiger partial charge in [0, 0.05) is 19.6 Å². The number of para-hydroxylation sites is 1. The zero-order valence-electron chi connectivity index (χ0n) is 10.4. The van der Waals surface area contributed by atoms with E-state index in [2.05, 4.69) is 10.3 Å². The van der Waals surface area contributed by atoms with Crippen molar-refractivity contribution in [3.63, 3.8) is 0 Å². The van der Waals surface area contributed by atoms with E-state index in [9.17, 15) is 5.11 Å². The number of aliphatic hydroxyl groups is 1. The number of hydrogen-bond donors (Lipinski definition) is 1. The third-order valence-corrected chi connectivity index (χ3v) is 2.66. The first kappa shape index (κ1) is 12.7. The molecule has 1 aromatic carbocycles. The van der Waals surface area contributed by atoms with Crippen molar-refractivity contribution in [1.29, 1.82) is 0 Å². The van der Waals surface area contributed by atoms with Crippen LogP contribution in [0.15, 0.2) is 36.5 Å². The summed E-state index contributed by atoms with van der Waals surface area (Å²) >= 11 is 0. The lowest BCUT2D eigenvalue weighted by Gasteiger charge is -2.12. The van der Waals surface area contributed by atoms with E-state index in [4.69, 9.17) is 4.74 Å². The molecule has 1 atom stereocenters. The molecule has 0 amide bonds. The number of aliphatic hydroxyl groups excluding tert-OH is 1. The highest BCUT2D eigenvalue weighted by Gasteiger charge is 2.14. The molecule has 5 nitrogen and oxygen atoms in total. The van der Waals surface area contributed by atoms with Crippen LogP contribution in [0.1, 0.15) is 25.1 Å². The Balaban J connectivity index is 2.12. The summed E-state index contributed by atoms with van der Waals surface area (Å²) in [5.41, 5.74) is 1.57. The van der Waals surface area contributed by atoms with Gasteiger partial charge in [0.15, 0.2) is 0 Å². The van der Waals surface area contributed by atoms with Crippen LogP contribution in [0.4, 0.5) is 0 Å². The summed E-state index contributed by atoms with van der Waals surface area (Å²) in [6.07, 6.45) is 1.50. The summed E-state index contributed by atoms with van der Waals surface area (Å²) in [5.74, 6) is 0. The largest absolute Gasteiger partial charge is 0.387 e. The molecular weight excluding hydrogens is 230 g/mol. The summed E-state index contributed by atoms with van der Waals surface area (Å²) in [4.78, 5) is 0. The lowest BCUT2D eigenvalue weighted by atomic mass is 10.2. The maximum Gasteiger partial charge on any atom is 0.0999 e. The minimum Gasteiger partial charge on any atom is -0.387 e. The molecular formula is C13H17N3O2. The fourth-order valence-corrected chi connectivity index (χ4v) is 1.73. The van der Waals surface area contributed by atoms with Gasteiger partial charge in [0.25, 0.3) is 0 Å². The Hall–Kier alpha value is -1.72. The zero-order chi connectivity index (χ0) is 12.8. The van der Waals surface area contributed by atoms with Crippen LogP contribution in [0, 0.1) is 0 Å². The van der Waals surface area contributed by atoms with Crippen molar-refractivity contribution in [2.75, 3.05) is 13.2 Å². The van der Waals surface area contributed by atoms with E-state index in [1.807, 2.05) is 37.3 Å². The fourth-order valence-electron chi connectivity index (χ4n) is 1.73. The second-order valence-electron chi connectivity index (χ2n) is 3.91. The van der Waals surface area contributed by atoms with Gasteiger partial charge >= 0.3 is 0 Å². The molecule has 96 valence electrons. The van der Waals surface area contributed by atoms with Crippen molar-refractivity contribution < 1.29 is 9.84 Å². The summed E-state index contributed by atoms with van der Waals surface area (Å²) in [5, 5.41) is 18.0. The Bertz CT molecular complexity index is 470. The van der Waals surface area contributed by atoms with Crippen LogP contribution in [0.25, 0.3) is 5.69 Å². The summed E-state index contributed by atoms with van der Waals surface area (Å²) in [6.45, 7) is 3.11. The number of nitrogens with zero attached hydrogens (tertiary/aromatic N) is 3. The van der Waals surface area contributed by atoms with Gasteiger partial charge in [-0.05, 0) is 19.1 Å². The first-order valence-electron chi connectivity index (χ1n) is 6.04. The summed E-state index contributed by atoms with van der Waals surface area (Å²) < 4.78 is 6.89. The Kier molecular flexibility index (Phi) is 4.44. The highest BCUT2D eigenvalue weighted by atomic mass is 16.5. The Morgan fingerprint density at radius 2 is 2.11 bits per heavy atom. The molecule has 0 bridgehead atoms. The van der Waals surface area contributed by atoms with Gasteiger partial charge in [0.1, 0.15) is 0 Å². The van der Waals surface area contributed by atoms with Crippen LogP contribution in [0.2, 0.25) is 0 Å². The Labute approximate surface area is 106 Å². The number of hydrogen-bond acceptors (Lipinski definition) is 4. The molecule has 0 fully saturated rings. The minimum atomic E-state index is -0.619. The monoisotopic (exact) mass is 247 g/mol. The maximum absolute atomic E-state index is 10.1. The molecule has 1 aromatic heterocycles. The molecule has 18 heavy (non-hydrogen) atoms. The molecule has 0 aliphatic rings. The molecule has 0 saturated heterocycles. The molecule has 0 saturated carbocycles. The predicted molar refractivity (Wildman–Crippen MR) is 67.4 cm³/mol. The standard InChI is InChI=1S/C13H17N3O2/c1-2-18-9-8-13(17)12-10-14-15-16(12)11-6-4-3-5-7-11/h3-7,10,13,17H,2,8-9H2,1H3. The number of ether oxygens (including phenoxy) is 1. The van der Waals surface area contributed by atoms with E-state index in [0.29, 0.717) is 25.3 Å². The highest BCUT2D eigenvalue weighted by Crippen LogP contribution is 2.18. The molecule has 1 unspecified atom stereocenters. The van der Waals surface area contributed by atoms with Gasteiger partial charge in [-0.15, -0.1) is 5.10 Å². The van der Waals surface area contributed by atoms with Gasteiger partial charge < -0.3 is 9.84 Å². The van der Waals surface area contributed by atoms with Crippen LogP contribution in [0.3, 0.4) is 0 Å². The third kappa shape index (κ3) is 2.94. The lowest BCUT2D eigenvalue weighted by Crippen LogP contribution is -2.09. The Morgan fingerprint density at radius 1 is 1.33 bits per heavy atom. The molecule has 1 N–H and O–H groups in total. The smallest absolute Gasteiger partial charge is 0.0999 e. The number of benzene rings is 1. The quantitative estimate of drug-likeness (QED) is 0.790. The lowest BCUT2D eigenvalue weighted by molar-refractivity contribution is 0.0854. The van der Waals surface area contributed by atoms with Crippen molar-refractivity contribution in [2.45, 2.75) is 19.4 Å². The summed E-state index contributed by atoms with van der Waals surface area (Å²) in [7, 11) is 0. The van der Waals surface area contributed by atoms with E-state index in [1.165, 1.54) is 0 Å². The molecule has 0 spiro atoms. The fraction of sp³-hybridized carbons (Fsp3) is 0.385. The van der Waals surface area contributed by atoms with Crippen molar-refractivity contribution >= 4 is 0 Å². The maximum atomic E-state index is 10.1. The molecule has 1 heterocycles. The second kappa shape index (κ2) is 6.28. The third-order valence-electron chi connectivity index (χ3n) is 2.66. The van der Waals surface area contributed by atoms with E-state index in [-0.39, 0.29) is 0 Å². The highest BCUT2D eigenvalue weighted by molar-refractivity contribution is 5.31. The van der Waals surface area contributed by atoms with Crippen LogP contribution in [-0.4, -0.2) is 33.3 Å². The minimum absolute atomic E-state index is 0.525. The molecule has 0 aliphatic carbocycles. The molecule has 2 rings (SSSR count). The van der Waals surface area contributed by atoms with Crippen LogP contribution < -0.4 is 0 Å². The van der Waals surface area contributed by atoms with Gasteiger partial charge in [0.2, 0.25) is 0 Å². The normalized spacial score (nSPS) is 12.6. The molecule has 2 aromatic rings. The molecule has 0 aliphatic heterocycles. The average molecular weight is 247 g/mol.